The van der Waals surface area contributed by atoms with Crippen LogP contribution in [-0.4, -0.2) is 68.2 Å². The lowest BCUT2D eigenvalue weighted by atomic mass is 9.74. The average molecular weight is 481 g/mol. The molecule has 34 heavy (non-hydrogen) atoms. The lowest BCUT2D eigenvalue weighted by Crippen LogP contribution is -2.67. The number of rotatable bonds is 5. The fraction of sp³-hybridized carbons (Fsp3) is 0.481. The Morgan fingerprint density at radius 3 is 2.56 bits per heavy atom. The molecule has 3 atom stereocenters. The van der Waals surface area contributed by atoms with Crippen LogP contribution in [0.15, 0.2) is 53.4 Å². The van der Waals surface area contributed by atoms with E-state index in [0.717, 1.165) is 30.5 Å². The topological polar surface area (TPSA) is 70.1 Å². The van der Waals surface area contributed by atoms with E-state index < -0.39 is 10.0 Å². The van der Waals surface area contributed by atoms with E-state index in [-0.39, 0.29) is 29.5 Å². The quantitative estimate of drug-likeness (QED) is 0.666. The Kier molecular flexibility index (Phi) is 6.67. The van der Waals surface area contributed by atoms with Crippen LogP contribution in [0.4, 0.5) is 0 Å². The maximum absolute atomic E-state index is 13.6. The van der Waals surface area contributed by atoms with Crippen LogP contribution in [0.25, 0.3) is 0 Å². The summed E-state index contributed by atoms with van der Waals surface area (Å²) in [5, 5.41) is 10.2. The number of hydrogen-bond donors (Lipinski definition) is 1. The molecule has 0 bridgehead atoms. The molecule has 180 valence electrons. The van der Waals surface area contributed by atoms with Gasteiger partial charge in [-0.3, -0.25) is 4.90 Å². The molecule has 7 heteroatoms. The Labute approximate surface area is 202 Å². The summed E-state index contributed by atoms with van der Waals surface area (Å²) >= 11 is 0. The van der Waals surface area contributed by atoms with E-state index in [2.05, 4.69) is 41.0 Å². The Hall–Kier alpha value is -2.37. The average Bonchev–Trinajstić information content (AvgIpc) is 3.67. The van der Waals surface area contributed by atoms with Gasteiger partial charge in [-0.25, -0.2) is 8.42 Å². The van der Waals surface area contributed by atoms with E-state index in [4.69, 9.17) is 4.74 Å². The first-order valence-corrected chi connectivity index (χ1v) is 13.6. The van der Waals surface area contributed by atoms with Gasteiger partial charge >= 0.3 is 0 Å². The third-order valence-electron chi connectivity index (χ3n) is 7.31. The maximum Gasteiger partial charge on any atom is 0.243 e. The van der Waals surface area contributed by atoms with Gasteiger partial charge in [0.05, 0.1) is 18.6 Å². The number of aliphatic hydroxyl groups excluding tert-OH is 1. The second-order valence-electron chi connectivity index (χ2n) is 9.50. The van der Waals surface area contributed by atoms with Crippen LogP contribution in [-0.2, 0) is 10.0 Å². The monoisotopic (exact) mass is 480 g/mol. The molecule has 1 saturated carbocycles. The van der Waals surface area contributed by atoms with Crippen LogP contribution in [0.1, 0.15) is 42.7 Å². The largest absolute Gasteiger partial charge is 0.497 e. The summed E-state index contributed by atoms with van der Waals surface area (Å²) in [5.74, 6) is 7.72. The van der Waals surface area contributed by atoms with Crippen molar-refractivity contribution in [3.05, 3.63) is 59.7 Å². The lowest BCUT2D eigenvalue weighted by molar-refractivity contribution is -0.0553. The van der Waals surface area contributed by atoms with Crippen molar-refractivity contribution >= 4 is 10.0 Å². The highest BCUT2D eigenvalue weighted by molar-refractivity contribution is 7.89. The van der Waals surface area contributed by atoms with Crippen molar-refractivity contribution in [2.45, 2.75) is 48.6 Å². The second kappa shape index (κ2) is 9.71. The molecule has 3 fully saturated rings. The fourth-order valence-electron chi connectivity index (χ4n) is 5.24. The van der Waals surface area contributed by atoms with Gasteiger partial charge in [0, 0.05) is 48.6 Å². The molecule has 1 N–H and O–H groups in total. The van der Waals surface area contributed by atoms with Crippen LogP contribution < -0.4 is 4.74 Å². The number of aliphatic hydroxyl groups is 1. The van der Waals surface area contributed by atoms with Crippen molar-refractivity contribution in [2.24, 2.45) is 5.92 Å². The number of ether oxygens (including phenoxy) is 1. The predicted molar refractivity (Wildman–Crippen MR) is 131 cm³/mol. The summed E-state index contributed by atoms with van der Waals surface area (Å²) < 4.78 is 34.0. The zero-order chi connectivity index (χ0) is 23.7. The number of nitrogens with zero attached hydrogens (tertiary/aromatic N) is 2. The molecule has 0 amide bonds. The summed E-state index contributed by atoms with van der Waals surface area (Å²) in [6.07, 6.45) is 4.11. The molecule has 2 aromatic carbocycles. The van der Waals surface area contributed by atoms with E-state index in [1.165, 1.54) is 20.0 Å². The molecule has 0 spiro atoms. The van der Waals surface area contributed by atoms with Gasteiger partial charge in [0.25, 0.3) is 0 Å². The Morgan fingerprint density at radius 1 is 1.09 bits per heavy atom. The van der Waals surface area contributed by atoms with E-state index >= 15 is 0 Å². The molecule has 2 saturated heterocycles. The number of fused-ring (bicyclic) bond motifs is 1. The van der Waals surface area contributed by atoms with Crippen LogP contribution in [0.5, 0.6) is 5.75 Å². The molecule has 0 radical (unpaired) electrons. The van der Waals surface area contributed by atoms with Crippen LogP contribution >= 0.6 is 0 Å². The minimum atomic E-state index is -3.66. The first-order valence-electron chi connectivity index (χ1n) is 12.1. The molecule has 3 aliphatic rings. The predicted octanol–water partition coefficient (Wildman–Crippen LogP) is 3.07. The zero-order valence-electron chi connectivity index (χ0n) is 19.6. The standard InChI is InChI=1S/C27H32N2O4S/c1-33-23-5-4-6-24(17-23)34(31,32)28-15-2-3-16-29-25(18-28)27(26(29)19-30)22-13-11-21(12-14-22)10-9-20-7-8-20/h4-6,11-14,17,20,25-27,30H,2-3,7-8,15-16,18-19H2,1H3/t25-,26+,27+/m0/s1. The molecular formula is C27H32N2O4S. The summed E-state index contributed by atoms with van der Waals surface area (Å²) in [4.78, 5) is 2.55. The van der Waals surface area contributed by atoms with E-state index in [1.807, 2.05) is 0 Å². The van der Waals surface area contributed by atoms with Crippen molar-refractivity contribution in [3.63, 3.8) is 0 Å². The van der Waals surface area contributed by atoms with Crippen molar-refractivity contribution < 1.29 is 18.3 Å². The molecule has 2 aliphatic heterocycles. The minimum absolute atomic E-state index is 0.00729. The number of hydrogen-bond acceptors (Lipinski definition) is 5. The van der Waals surface area contributed by atoms with Gasteiger partial charge in [0.15, 0.2) is 0 Å². The van der Waals surface area contributed by atoms with Crippen molar-refractivity contribution in [1.82, 2.24) is 9.21 Å². The normalized spacial score (nSPS) is 25.8. The smallest absolute Gasteiger partial charge is 0.243 e. The van der Waals surface area contributed by atoms with Crippen molar-refractivity contribution in [3.8, 4) is 17.6 Å². The molecule has 2 heterocycles. The number of benzene rings is 2. The van der Waals surface area contributed by atoms with E-state index in [1.54, 1.807) is 28.6 Å². The van der Waals surface area contributed by atoms with Gasteiger partial charge in [-0.05, 0) is 62.1 Å². The summed E-state index contributed by atoms with van der Waals surface area (Å²) in [5.41, 5.74) is 2.14. The van der Waals surface area contributed by atoms with Gasteiger partial charge in [-0.2, -0.15) is 4.31 Å². The molecule has 5 rings (SSSR count). The zero-order valence-corrected chi connectivity index (χ0v) is 20.4. The third kappa shape index (κ3) is 4.60. The molecule has 0 aromatic heterocycles. The van der Waals surface area contributed by atoms with Crippen molar-refractivity contribution in [1.29, 1.82) is 0 Å². The van der Waals surface area contributed by atoms with Gasteiger partial charge in [0.2, 0.25) is 10.0 Å². The highest BCUT2D eigenvalue weighted by Gasteiger charge is 2.50. The van der Waals surface area contributed by atoms with Gasteiger partial charge < -0.3 is 9.84 Å². The summed E-state index contributed by atoms with van der Waals surface area (Å²) in [7, 11) is -2.12. The van der Waals surface area contributed by atoms with Crippen molar-refractivity contribution in [2.75, 3.05) is 33.4 Å². The summed E-state index contributed by atoms with van der Waals surface area (Å²) in [6.45, 7) is 1.84. The molecule has 6 nitrogen and oxygen atoms in total. The molecule has 1 aliphatic carbocycles. The van der Waals surface area contributed by atoms with Gasteiger partial charge in [-0.15, -0.1) is 0 Å². The van der Waals surface area contributed by atoms with E-state index in [0.29, 0.717) is 24.8 Å². The Balaban J connectivity index is 1.40. The van der Waals surface area contributed by atoms with Gasteiger partial charge in [-0.1, -0.05) is 30.0 Å². The fourth-order valence-corrected chi connectivity index (χ4v) is 6.77. The molecule has 2 aromatic rings. The maximum atomic E-state index is 13.6. The number of methoxy groups -OCH3 is 1. The van der Waals surface area contributed by atoms with Gasteiger partial charge in [0.1, 0.15) is 5.75 Å². The lowest BCUT2D eigenvalue weighted by Gasteiger charge is -2.57. The summed E-state index contributed by atoms with van der Waals surface area (Å²) in [6, 6.07) is 15.0. The minimum Gasteiger partial charge on any atom is -0.497 e. The first kappa shape index (κ1) is 23.4. The van der Waals surface area contributed by atoms with E-state index in [9.17, 15) is 13.5 Å². The third-order valence-corrected chi connectivity index (χ3v) is 9.17. The van der Waals surface area contributed by atoms with Crippen LogP contribution in [0, 0.1) is 17.8 Å². The highest BCUT2D eigenvalue weighted by Crippen LogP contribution is 2.42. The Morgan fingerprint density at radius 2 is 1.85 bits per heavy atom. The number of sulfonamides is 1. The highest BCUT2D eigenvalue weighted by atomic mass is 32.2. The molecule has 0 unspecified atom stereocenters. The van der Waals surface area contributed by atoms with Crippen LogP contribution in [0.3, 0.4) is 0 Å². The van der Waals surface area contributed by atoms with Crippen LogP contribution in [0.2, 0.25) is 0 Å². The SMILES string of the molecule is COc1cccc(S(=O)(=O)N2CCCCN3[C@H](CO)[C@H](c4ccc(C#CC5CC5)cc4)[C@@H]3C2)c1. The second-order valence-corrected chi connectivity index (χ2v) is 11.4. The first-order chi connectivity index (χ1) is 16.5. The Bertz CT molecular complexity index is 1180. The molecular weight excluding hydrogens is 448 g/mol.